The minimum atomic E-state index is -0.182. The molecule has 122 valence electrons. The molecule has 1 aliphatic heterocycles. The highest BCUT2D eigenvalue weighted by molar-refractivity contribution is 6.29. The zero-order chi connectivity index (χ0) is 16.5. The van der Waals surface area contributed by atoms with E-state index in [2.05, 4.69) is 9.97 Å². The van der Waals surface area contributed by atoms with Crippen LogP contribution in [0.3, 0.4) is 0 Å². The molecule has 8 heteroatoms. The molecule has 2 aromatic heterocycles. The second-order valence-corrected chi connectivity index (χ2v) is 5.52. The lowest BCUT2D eigenvalue weighted by Gasteiger charge is -2.09. The molecule has 24 heavy (non-hydrogen) atoms. The first kappa shape index (κ1) is 14.8. The topological polar surface area (TPSA) is 75.5 Å². The summed E-state index contributed by atoms with van der Waals surface area (Å²) in [5, 5.41) is 0.725. The highest BCUT2D eigenvalue weighted by Gasteiger charge is 2.13. The first-order valence-corrected chi connectivity index (χ1v) is 7.62. The lowest BCUT2D eigenvalue weighted by atomic mass is 10.3. The predicted molar refractivity (Wildman–Crippen MR) is 86.9 cm³/mol. The number of hydrogen-bond donors (Lipinski definition) is 0. The van der Waals surface area contributed by atoms with Gasteiger partial charge < -0.3 is 14.2 Å². The zero-order valence-corrected chi connectivity index (χ0v) is 13.2. The Morgan fingerprint density at radius 3 is 3.00 bits per heavy atom. The van der Waals surface area contributed by atoms with Crippen LogP contribution in [0.2, 0.25) is 5.15 Å². The molecular formula is C16H12ClN3O4. The minimum absolute atomic E-state index is 0.182. The molecule has 0 bridgehead atoms. The summed E-state index contributed by atoms with van der Waals surface area (Å²) >= 11 is 5.80. The number of nitrogens with zero attached hydrogens (tertiary/aromatic N) is 3. The fourth-order valence-corrected chi connectivity index (χ4v) is 2.57. The average molecular weight is 346 g/mol. The van der Waals surface area contributed by atoms with Crippen LogP contribution in [0.25, 0.3) is 10.9 Å². The van der Waals surface area contributed by atoms with Gasteiger partial charge in [0, 0.05) is 18.3 Å². The van der Waals surface area contributed by atoms with Crippen molar-refractivity contribution in [2.45, 2.75) is 6.54 Å². The van der Waals surface area contributed by atoms with Gasteiger partial charge in [0.15, 0.2) is 11.5 Å². The van der Waals surface area contributed by atoms with Gasteiger partial charge in [0.25, 0.3) is 5.56 Å². The molecule has 7 nitrogen and oxygen atoms in total. The molecule has 3 heterocycles. The monoisotopic (exact) mass is 345 g/mol. The molecule has 0 spiro atoms. The van der Waals surface area contributed by atoms with E-state index in [0.29, 0.717) is 46.5 Å². The van der Waals surface area contributed by atoms with Crippen molar-refractivity contribution in [1.29, 1.82) is 0 Å². The van der Waals surface area contributed by atoms with Crippen molar-refractivity contribution >= 4 is 22.5 Å². The van der Waals surface area contributed by atoms with Gasteiger partial charge in [-0.1, -0.05) is 11.6 Å². The largest absolute Gasteiger partial charge is 0.492 e. The summed E-state index contributed by atoms with van der Waals surface area (Å²) in [5.41, 5.74) is 0.339. The summed E-state index contributed by atoms with van der Waals surface area (Å²) in [7, 11) is 0. The van der Waals surface area contributed by atoms with E-state index in [-0.39, 0.29) is 12.4 Å². The summed E-state index contributed by atoms with van der Waals surface area (Å²) in [6, 6.07) is 6.90. The van der Waals surface area contributed by atoms with Crippen LogP contribution >= 0.6 is 11.6 Å². The van der Waals surface area contributed by atoms with E-state index < -0.39 is 0 Å². The number of aromatic nitrogens is 3. The summed E-state index contributed by atoms with van der Waals surface area (Å²) in [6.45, 7) is 0.890. The van der Waals surface area contributed by atoms with E-state index >= 15 is 0 Å². The molecule has 1 aromatic carbocycles. The van der Waals surface area contributed by atoms with Crippen LogP contribution < -0.4 is 19.8 Å². The van der Waals surface area contributed by atoms with Crippen molar-refractivity contribution in [2.24, 2.45) is 0 Å². The standard InChI is InChI=1S/C16H12ClN3O4/c17-15-6-12-11(7-18-15)16(21)20(8-19-12)3-4-22-10-1-2-13-14(5-10)24-9-23-13/h1-2,5-8H,3-4,9H2. The second kappa shape index (κ2) is 6.01. The molecule has 0 saturated carbocycles. The lowest BCUT2D eigenvalue weighted by molar-refractivity contribution is 0.173. The van der Waals surface area contributed by atoms with Crippen LogP contribution in [-0.2, 0) is 6.54 Å². The van der Waals surface area contributed by atoms with Crippen LogP contribution in [-0.4, -0.2) is 27.9 Å². The van der Waals surface area contributed by atoms with Crippen molar-refractivity contribution in [1.82, 2.24) is 14.5 Å². The molecule has 0 saturated heterocycles. The lowest BCUT2D eigenvalue weighted by Crippen LogP contribution is -2.23. The van der Waals surface area contributed by atoms with E-state index in [1.807, 2.05) is 0 Å². The van der Waals surface area contributed by atoms with Crippen molar-refractivity contribution in [3.63, 3.8) is 0 Å². The Bertz CT molecular complexity index is 973. The molecule has 0 aliphatic carbocycles. The molecule has 4 rings (SSSR count). The fourth-order valence-electron chi connectivity index (χ4n) is 2.42. The first-order chi connectivity index (χ1) is 11.7. The number of fused-ring (bicyclic) bond motifs is 2. The third-order valence-corrected chi connectivity index (χ3v) is 3.83. The summed E-state index contributed by atoms with van der Waals surface area (Å²) in [5.74, 6) is 2.00. The van der Waals surface area contributed by atoms with E-state index in [1.165, 1.54) is 17.1 Å². The molecule has 0 atom stereocenters. The molecule has 0 unspecified atom stereocenters. The second-order valence-electron chi connectivity index (χ2n) is 5.13. The van der Waals surface area contributed by atoms with E-state index in [9.17, 15) is 4.79 Å². The van der Waals surface area contributed by atoms with Crippen LogP contribution in [0, 0.1) is 0 Å². The summed E-state index contributed by atoms with van der Waals surface area (Å²) in [6.07, 6.45) is 2.91. The Morgan fingerprint density at radius 1 is 1.21 bits per heavy atom. The summed E-state index contributed by atoms with van der Waals surface area (Å²) in [4.78, 5) is 20.5. The maximum absolute atomic E-state index is 12.4. The molecular weight excluding hydrogens is 334 g/mol. The number of benzene rings is 1. The van der Waals surface area contributed by atoms with Gasteiger partial charge in [0.05, 0.1) is 23.8 Å². The van der Waals surface area contributed by atoms with Crippen LogP contribution in [0.15, 0.2) is 41.6 Å². The third kappa shape index (κ3) is 2.74. The van der Waals surface area contributed by atoms with E-state index in [4.69, 9.17) is 25.8 Å². The summed E-state index contributed by atoms with van der Waals surface area (Å²) < 4.78 is 17.7. The quantitative estimate of drug-likeness (QED) is 0.675. The Kier molecular flexibility index (Phi) is 3.70. The van der Waals surface area contributed by atoms with E-state index in [0.717, 1.165) is 0 Å². The van der Waals surface area contributed by atoms with Crippen molar-refractivity contribution in [3.8, 4) is 17.2 Å². The Morgan fingerprint density at radius 2 is 2.08 bits per heavy atom. The Labute approximate surface area is 141 Å². The first-order valence-electron chi connectivity index (χ1n) is 7.24. The minimum Gasteiger partial charge on any atom is -0.492 e. The number of hydrogen-bond acceptors (Lipinski definition) is 6. The normalized spacial score (nSPS) is 12.5. The highest BCUT2D eigenvalue weighted by Crippen LogP contribution is 2.35. The van der Waals surface area contributed by atoms with Gasteiger partial charge in [-0.25, -0.2) is 9.97 Å². The maximum atomic E-state index is 12.4. The van der Waals surface area contributed by atoms with Crippen molar-refractivity contribution in [3.05, 3.63) is 52.3 Å². The molecule has 0 N–H and O–H groups in total. The van der Waals surface area contributed by atoms with Gasteiger partial charge in [-0.3, -0.25) is 9.36 Å². The van der Waals surface area contributed by atoms with Gasteiger partial charge in [-0.2, -0.15) is 0 Å². The van der Waals surface area contributed by atoms with Crippen molar-refractivity contribution in [2.75, 3.05) is 13.4 Å². The van der Waals surface area contributed by atoms with Gasteiger partial charge in [-0.05, 0) is 12.1 Å². The highest BCUT2D eigenvalue weighted by atomic mass is 35.5. The van der Waals surface area contributed by atoms with E-state index in [1.54, 1.807) is 24.3 Å². The van der Waals surface area contributed by atoms with Crippen LogP contribution in [0.5, 0.6) is 17.2 Å². The molecule has 3 aromatic rings. The number of rotatable bonds is 4. The molecule has 1 aliphatic rings. The van der Waals surface area contributed by atoms with Gasteiger partial charge >= 0.3 is 0 Å². The Hall–Kier alpha value is -2.80. The fraction of sp³-hybridized carbons (Fsp3) is 0.188. The molecule has 0 radical (unpaired) electrons. The third-order valence-electron chi connectivity index (χ3n) is 3.62. The smallest absolute Gasteiger partial charge is 0.262 e. The maximum Gasteiger partial charge on any atom is 0.262 e. The number of pyridine rings is 1. The van der Waals surface area contributed by atoms with Gasteiger partial charge in [0.2, 0.25) is 6.79 Å². The SMILES string of the molecule is O=c1c2cnc(Cl)cc2ncn1CCOc1ccc2c(c1)OCO2. The molecule has 0 amide bonds. The number of ether oxygens (including phenoxy) is 3. The van der Waals surface area contributed by atoms with Crippen molar-refractivity contribution < 1.29 is 14.2 Å². The molecule has 0 fully saturated rings. The van der Waals surface area contributed by atoms with Gasteiger partial charge in [0.1, 0.15) is 17.5 Å². The van der Waals surface area contributed by atoms with Gasteiger partial charge in [-0.15, -0.1) is 0 Å². The predicted octanol–water partition coefficient (Wildman–Crippen LogP) is 2.25. The zero-order valence-electron chi connectivity index (χ0n) is 12.4. The van der Waals surface area contributed by atoms with Crippen LogP contribution in [0.1, 0.15) is 0 Å². The average Bonchev–Trinajstić information content (AvgIpc) is 3.04. The van der Waals surface area contributed by atoms with Crippen LogP contribution in [0.4, 0.5) is 0 Å². The number of halogens is 1. The Balaban J connectivity index is 1.48.